The molecule has 3 aromatic rings. The summed E-state index contributed by atoms with van der Waals surface area (Å²) >= 11 is 1.13. The first-order valence-electron chi connectivity index (χ1n) is 10.9. The van der Waals surface area contributed by atoms with Crippen LogP contribution in [0, 0.1) is 18.6 Å². The van der Waals surface area contributed by atoms with Crippen molar-refractivity contribution in [1.29, 1.82) is 0 Å². The Hall–Kier alpha value is -2.70. The van der Waals surface area contributed by atoms with E-state index in [0.29, 0.717) is 46.7 Å². The first kappa shape index (κ1) is 23.1. The van der Waals surface area contributed by atoms with Crippen LogP contribution in [0.25, 0.3) is 21.3 Å². The Balaban J connectivity index is 1.43. The van der Waals surface area contributed by atoms with Crippen LogP contribution in [-0.2, 0) is 16.6 Å². The topological polar surface area (TPSA) is 95.5 Å². The molecule has 2 aromatic heterocycles. The highest BCUT2D eigenvalue weighted by atomic mass is 32.2. The van der Waals surface area contributed by atoms with Crippen LogP contribution < -0.4 is 4.72 Å². The Bertz CT molecular complexity index is 1370. The quantitative estimate of drug-likeness (QED) is 0.553. The van der Waals surface area contributed by atoms with Crippen LogP contribution in [0.4, 0.5) is 13.6 Å². The zero-order valence-corrected chi connectivity index (χ0v) is 20.2. The van der Waals surface area contributed by atoms with Gasteiger partial charge >= 0.3 is 6.03 Å². The molecule has 34 heavy (non-hydrogen) atoms. The summed E-state index contributed by atoms with van der Waals surface area (Å²) < 4.78 is 60.2. The predicted molar refractivity (Wildman–Crippen MR) is 125 cm³/mol. The number of amides is 2. The molecule has 2 fully saturated rings. The lowest BCUT2D eigenvalue weighted by atomic mass is 10.00. The number of carbonyl (C=O) groups excluding carboxylic acids is 1. The molecule has 1 aromatic carbocycles. The molecule has 5 rings (SSSR count). The van der Waals surface area contributed by atoms with Gasteiger partial charge in [-0.05, 0) is 50.0 Å². The minimum Gasteiger partial charge on any atom is -0.318 e. The van der Waals surface area contributed by atoms with Gasteiger partial charge in [-0.1, -0.05) is 6.07 Å². The van der Waals surface area contributed by atoms with Gasteiger partial charge in [0.1, 0.15) is 16.5 Å². The van der Waals surface area contributed by atoms with Gasteiger partial charge in [-0.25, -0.2) is 31.7 Å². The zero-order chi connectivity index (χ0) is 24.2. The fourth-order valence-corrected chi connectivity index (χ4v) is 6.46. The summed E-state index contributed by atoms with van der Waals surface area (Å²) in [6.45, 7) is 4.23. The summed E-state index contributed by atoms with van der Waals surface area (Å²) in [6, 6.07) is 4.76. The average Bonchev–Trinajstić information content (AvgIpc) is 3.43. The lowest BCUT2D eigenvalue weighted by molar-refractivity contribution is 0.190. The maximum Gasteiger partial charge on any atom is 0.320 e. The number of aryl methyl sites for hydroxylation is 1. The Morgan fingerprint density at radius 3 is 2.65 bits per heavy atom. The standard InChI is InChI=1S/C22H23F2N5O3S2/c1-3-34(31,32)27-13-8-14-10-28(22(30)29(14)9-13)11-18-20-15(7-12(2)25-21(20)33-26-18)19-16(23)5-4-6-17(19)24/h4-7,13-14,27H,3,8-11H2,1-2H3/t13-,14-/m0/s1. The molecule has 4 heterocycles. The number of benzene rings is 1. The number of halogens is 2. The third-order valence-electron chi connectivity index (χ3n) is 6.31. The van der Waals surface area contributed by atoms with Crippen molar-refractivity contribution in [2.75, 3.05) is 18.8 Å². The van der Waals surface area contributed by atoms with Crippen LogP contribution in [0.15, 0.2) is 24.3 Å². The van der Waals surface area contributed by atoms with E-state index in [1.807, 2.05) is 0 Å². The van der Waals surface area contributed by atoms with Crippen molar-refractivity contribution in [3.05, 3.63) is 47.3 Å². The third kappa shape index (κ3) is 4.03. The molecule has 0 unspecified atom stereocenters. The number of nitrogens with zero attached hydrogens (tertiary/aromatic N) is 4. The number of hydrogen-bond donors (Lipinski definition) is 1. The minimum absolute atomic E-state index is 0.0103. The minimum atomic E-state index is -3.35. The van der Waals surface area contributed by atoms with Crippen LogP contribution in [0.5, 0.6) is 0 Å². The van der Waals surface area contributed by atoms with E-state index in [1.54, 1.807) is 29.7 Å². The van der Waals surface area contributed by atoms with Crippen molar-refractivity contribution in [1.82, 2.24) is 23.9 Å². The highest BCUT2D eigenvalue weighted by Crippen LogP contribution is 2.37. The smallest absolute Gasteiger partial charge is 0.318 e. The molecule has 2 aliphatic heterocycles. The molecule has 2 atom stereocenters. The Labute approximate surface area is 199 Å². The molecule has 8 nitrogen and oxygen atoms in total. The maximum absolute atomic E-state index is 14.6. The lowest BCUT2D eigenvalue weighted by Gasteiger charge is -2.19. The molecule has 12 heteroatoms. The van der Waals surface area contributed by atoms with E-state index in [1.165, 1.54) is 18.2 Å². The molecular weight excluding hydrogens is 484 g/mol. The molecule has 2 amide bonds. The third-order valence-corrected chi connectivity index (χ3v) is 8.54. The van der Waals surface area contributed by atoms with E-state index in [9.17, 15) is 22.0 Å². The van der Waals surface area contributed by atoms with Gasteiger partial charge in [0.2, 0.25) is 10.0 Å². The molecule has 180 valence electrons. The van der Waals surface area contributed by atoms with E-state index in [2.05, 4.69) is 14.1 Å². The SMILES string of the molecule is CCS(=O)(=O)N[C@H]1C[C@H]2CN(Cc3nsc4nc(C)cc(-c5c(F)cccc5F)c34)C(=O)N2C1. The second kappa shape index (κ2) is 8.51. The fourth-order valence-electron chi connectivity index (χ4n) is 4.77. The summed E-state index contributed by atoms with van der Waals surface area (Å²) in [5.74, 6) is -1.37. The Morgan fingerprint density at radius 1 is 1.24 bits per heavy atom. The number of carbonyl (C=O) groups is 1. The van der Waals surface area contributed by atoms with Crippen molar-refractivity contribution < 1.29 is 22.0 Å². The molecule has 2 aliphatic rings. The summed E-state index contributed by atoms with van der Waals surface area (Å²) in [7, 11) is -3.35. The highest BCUT2D eigenvalue weighted by Gasteiger charge is 2.45. The van der Waals surface area contributed by atoms with Gasteiger partial charge in [-0.3, -0.25) is 0 Å². The number of urea groups is 1. The van der Waals surface area contributed by atoms with Crippen LogP contribution in [0.3, 0.4) is 0 Å². The number of pyridine rings is 1. The second-order valence-electron chi connectivity index (χ2n) is 8.64. The van der Waals surface area contributed by atoms with Gasteiger partial charge in [-0.15, -0.1) is 0 Å². The van der Waals surface area contributed by atoms with Gasteiger partial charge in [-0.2, -0.15) is 4.37 Å². The van der Waals surface area contributed by atoms with Gasteiger partial charge in [0.25, 0.3) is 0 Å². The van der Waals surface area contributed by atoms with Gasteiger partial charge in [0.15, 0.2) is 0 Å². The number of aromatic nitrogens is 2. The predicted octanol–water partition coefficient (Wildman–Crippen LogP) is 3.26. The molecule has 1 N–H and O–H groups in total. The average molecular weight is 508 g/mol. The number of fused-ring (bicyclic) bond motifs is 2. The second-order valence-corrected chi connectivity index (χ2v) is 11.4. The van der Waals surface area contributed by atoms with Gasteiger partial charge in [0.05, 0.1) is 29.6 Å². The number of sulfonamides is 1. The lowest BCUT2D eigenvalue weighted by Crippen LogP contribution is -2.40. The van der Waals surface area contributed by atoms with Crippen LogP contribution in [-0.4, -0.2) is 64.5 Å². The van der Waals surface area contributed by atoms with Crippen molar-refractivity contribution in [2.24, 2.45) is 0 Å². The number of nitrogens with one attached hydrogen (secondary N) is 1. The molecule has 0 aliphatic carbocycles. The van der Waals surface area contributed by atoms with Crippen LogP contribution >= 0.6 is 11.5 Å². The van der Waals surface area contributed by atoms with Crippen LogP contribution in [0.1, 0.15) is 24.7 Å². The molecule has 0 saturated carbocycles. The van der Waals surface area contributed by atoms with E-state index in [4.69, 9.17) is 0 Å². The van der Waals surface area contributed by atoms with Crippen LogP contribution in [0.2, 0.25) is 0 Å². The summed E-state index contributed by atoms with van der Waals surface area (Å²) in [6.07, 6.45) is 0.533. The normalized spacial score (nSPS) is 20.5. The summed E-state index contributed by atoms with van der Waals surface area (Å²) in [4.78, 5) is 21.4. The van der Waals surface area contributed by atoms with E-state index < -0.39 is 21.7 Å². The molecule has 0 radical (unpaired) electrons. The Morgan fingerprint density at radius 2 is 1.97 bits per heavy atom. The van der Waals surface area contributed by atoms with Gasteiger partial charge < -0.3 is 9.80 Å². The molecule has 0 bridgehead atoms. The van der Waals surface area contributed by atoms with Gasteiger partial charge in [0, 0.05) is 35.8 Å². The van der Waals surface area contributed by atoms with Crippen molar-refractivity contribution in [3.8, 4) is 11.1 Å². The first-order chi connectivity index (χ1) is 16.2. The number of rotatable bonds is 6. The number of hydrogen-bond acceptors (Lipinski definition) is 6. The maximum atomic E-state index is 14.6. The molecular formula is C22H23F2N5O3S2. The van der Waals surface area contributed by atoms with E-state index in [0.717, 1.165) is 11.5 Å². The van der Waals surface area contributed by atoms with Crippen molar-refractivity contribution >= 4 is 37.8 Å². The van der Waals surface area contributed by atoms with E-state index in [-0.39, 0.29) is 36.0 Å². The van der Waals surface area contributed by atoms with E-state index >= 15 is 0 Å². The fraction of sp³-hybridized carbons (Fsp3) is 0.409. The summed E-state index contributed by atoms with van der Waals surface area (Å²) in [5, 5.41) is 0.535. The monoisotopic (exact) mass is 507 g/mol. The molecule has 0 spiro atoms. The highest BCUT2D eigenvalue weighted by molar-refractivity contribution is 7.89. The summed E-state index contributed by atoms with van der Waals surface area (Å²) in [5.41, 5.74) is 1.36. The zero-order valence-electron chi connectivity index (χ0n) is 18.6. The van der Waals surface area contributed by atoms with Crippen molar-refractivity contribution in [3.63, 3.8) is 0 Å². The largest absolute Gasteiger partial charge is 0.320 e. The van der Waals surface area contributed by atoms with Crippen molar-refractivity contribution in [2.45, 2.75) is 38.9 Å². The Kier molecular flexibility index (Phi) is 5.77. The molecule has 2 saturated heterocycles. The first-order valence-corrected chi connectivity index (χ1v) is 13.3.